The van der Waals surface area contributed by atoms with Gasteiger partial charge in [0.1, 0.15) is 6.04 Å². The van der Waals surface area contributed by atoms with Crippen molar-refractivity contribution in [1.82, 2.24) is 5.32 Å². The molecule has 0 aliphatic heterocycles. The zero-order valence-corrected chi connectivity index (χ0v) is 12.3. The molecule has 1 N–H and O–H groups in total. The number of methoxy groups -OCH3 is 1. The second-order valence-corrected chi connectivity index (χ2v) is 6.21. The summed E-state index contributed by atoms with van der Waals surface area (Å²) in [6.45, 7) is 1.91. The standard InChI is InChI=1S/C17H23NO2/c1-11(17(19)20-2)18-16-14-7-8-15(16)10-13-6-4-3-5-12(13)9-14/h3-6,11,14-16,18H,7-10H2,1-2H3. The average molecular weight is 273 g/mol. The lowest BCUT2D eigenvalue weighted by molar-refractivity contribution is -0.143. The first-order chi connectivity index (χ1) is 9.69. The Morgan fingerprint density at radius 3 is 2.25 bits per heavy atom. The molecule has 1 aromatic rings. The van der Waals surface area contributed by atoms with Crippen molar-refractivity contribution in [3.63, 3.8) is 0 Å². The summed E-state index contributed by atoms with van der Waals surface area (Å²) in [5, 5.41) is 3.53. The van der Waals surface area contributed by atoms with Gasteiger partial charge in [-0.2, -0.15) is 0 Å². The average Bonchev–Trinajstić information content (AvgIpc) is 2.73. The molecule has 0 amide bonds. The number of rotatable bonds is 3. The SMILES string of the molecule is COC(=O)C(C)NC1C2CCC1Cc1ccccc1C2. The molecule has 2 aliphatic carbocycles. The van der Waals surface area contributed by atoms with Crippen molar-refractivity contribution < 1.29 is 9.53 Å². The molecule has 2 bridgehead atoms. The molecule has 0 spiro atoms. The molecule has 0 aromatic heterocycles. The molecule has 3 rings (SSSR count). The van der Waals surface area contributed by atoms with Gasteiger partial charge in [0, 0.05) is 6.04 Å². The lowest BCUT2D eigenvalue weighted by Crippen LogP contribution is -2.46. The molecule has 0 saturated heterocycles. The van der Waals surface area contributed by atoms with Gasteiger partial charge in [-0.15, -0.1) is 0 Å². The van der Waals surface area contributed by atoms with E-state index in [0.29, 0.717) is 17.9 Å². The van der Waals surface area contributed by atoms with Gasteiger partial charge in [0.2, 0.25) is 0 Å². The lowest BCUT2D eigenvalue weighted by atomic mass is 9.94. The molecule has 0 radical (unpaired) electrons. The maximum absolute atomic E-state index is 11.6. The molecule has 108 valence electrons. The highest BCUT2D eigenvalue weighted by Gasteiger charge is 2.39. The molecular weight excluding hydrogens is 250 g/mol. The summed E-state index contributed by atoms with van der Waals surface area (Å²) in [4.78, 5) is 11.6. The van der Waals surface area contributed by atoms with Gasteiger partial charge < -0.3 is 10.1 Å². The Kier molecular flexibility index (Phi) is 3.79. The molecule has 3 heteroatoms. The zero-order valence-electron chi connectivity index (χ0n) is 12.3. The van der Waals surface area contributed by atoms with E-state index in [-0.39, 0.29) is 12.0 Å². The van der Waals surface area contributed by atoms with Crippen LogP contribution in [0.25, 0.3) is 0 Å². The van der Waals surface area contributed by atoms with Crippen LogP contribution in [-0.2, 0) is 22.4 Å². The minimum Gasteiger partial charge on any atom is -0.468 e. The van der Waals surface area contributed by atoms with Crippen LogP contribution in [0.2, 0.25) is 0 Å². The predicted molar refractivity (Wildman–Crippen MR) is 78.5 cm³/mol. The summed E-state index contributed by atoms with van der Waals surface area (Å²) in [6, 6.07) is 9.02. The summed E-state index contributed by atoms with van der Waals surface area (Å²) in [7, 11) is 1.46. The molecule has 1 fully saturated rings. The van der Waals surface area contributed by atoms with Gasteiger partial charge in [-0.05, 0) is 55.6 Å². The third-order valence-corrected chi connectivity index (χ3v) is 5.00. The van der Waals surface area contributed by atoms with E-state index in [1.807, 2.05) is 6.92 Å². The number of hydrogen-bond acceptors (Lipinski definition) is 3. The van der Waals surface area contributed by atoms with Crippen LogP contribution >= 0.6 is 0 Å². The number of carbonyl (C=O) groups is 1. The number of benzene rings is 1. The minimum atomic E-state index is -0.214. The molecule has 2 aliphatic rings. The Hall–Kier alpha value is -1.35. The Balaban J connectivity index is 1.77. The topological polar surface area (TPSA) is 38.3 Å². The van der Waals surface area contributed by atoms with Crippen LogP contribution in [0.15, 0.2) is 24.3 Å². The maximum Gasteiger partial charge on any atom is 0.322 e. The van der Waals surface area contributed by atoms with Crippen molar-refractivity contribution in [2.24, 2.45) is 11.8 Å². The van der Waals surface area contributed by atoms with Crippen LogP contribution in [0.3, 0.4) is 0 Å². The normalized spacial score (nSPS) is 29.4. The van der Waals surface area contributed by atoms with Crippen LogP contribution < -0.4 is 5.32 Å². The minimum absolute atomic E-state index is 0.161. The first-order valence-electron chi connectivity index (χ1n) is 7.59. The number of carbonyl (C=O) groups excluding carboxylic acids is 1. The summed E-state index contributed by atoms with van der Waals surface area (Å²) < 4.78 is 4.84. The number of nitrogens with one attached hydrogen (secondary N) is 1. The van der Waals surface area contributed by atoms with Crippen molar-refractivity contribution in [3.05, 3.63) is 35.4 Å². The smallest absolute Gasteiger partial charge is 0.322 e. The van der Waals surface area contributed by atoms with Crippen molar-refractivity contribution in [2.75, 3.05) is 7.11 Å². The zero-order chi connectivity index (χ0) is 14.1. The predicted octanol–water partition coefficient (Wildman–Crippen LogP) is 2.33. The highest BCUT2D eigenvalue weighted by Crippen LogP contribution is 2.40. The first-order valence-corrected chi connectivity index (χ1v) is 7.59. The van der Waals surface area contributed by atoms with Crippen molar-refractivity contribution >= 4 is 5.97 Å². The number of hydrogen-bond donors (Lipinski definition) is 1. The van der Waals surface area contributed by atoms with Gasteiger partial charge in [0.25, 0.3) is 0 Å². The fraction of sp³-hybridized carbons (Fsp3) is 0.588. The third-order valence-electron chi connectivity index (χ3n) is 5.00. The van der Waals surface area contributed by atoms with Crippen molar-refractivity contribution in [2.45, 2.75) is 44.7 Å². The molecular formula is C17H23NO2. The van der Waals surface area contributed by atoms with Crippen LogP contribution in [0.1, 0.15) is 30.9 Å². The fourth-order valence-corrected chi connectivity index (χ4v) is 3.96. The molecule has 3 unspecified atom stereocenters. The van der Waals surface area contributed by atoms with Crippen molar-refractivity contribution in [1.29, 1.82) is 0 Å². The monoisotopic (exact) mass is 273 g/mol. The first kappa shape index (κ1) is 13.6. The maximum atomic E-state index is 11.6. The highest BCUT2D eigenvalue weighted by atomic mass is 16.5. The molecule has 1 saturated carbocycles. The fourth-order valence-electron chi connectivity index (χ4n) is 3.96. The largest absolute Gasteiger partial charge is 0.468 e. The van der Waals surface area contributed by atoms with Gasteiger partial charge in [0.05, 0.1) is 7.11 Å². The van der Waals surface area contributed by atoms with E-state index in [9.17, 15) is 4.79 Å². The third kappa shape index (κ3) is 2.47. The number of esters is 1. The van der Waals surface area contributed by atoms with E-state index in [0.717, 1.165) is 12.8 Å². The lowest BCUT2D eigenvalue weighted by Gasteiger charge is -2.26. The summed E-state index contributed by atoms with van der Waals surface area (Å²) >= 11 is 0. The van der Waals surface area contributed by atoms with Gasteiger partial charge in [-0.1, -0.05) is 24.3 Å². The van der Waals surface area contributed by atoms with E-state index in [1.54, 1.807) is 0 Å². The highest BCUT2D eigenvalue weighted by molar-refractivity contribution is 5.75. The second kappa shape index (κ2) is 5.57. The van der Waals surface area contributed by atoms with Crippen LogP contribution in [0, 0.1) is 11.8 Å². The van der Waals surface area contributed by atoms with E-state index in [1.165, 1.54) is 31.1 Å². The summed E-state index contributed by atoms with van der Waals surface area (Å²) in [5.74, 6) is 1.14. The van der Waals surface area contributed by atoms with Gasteiger partial charge in [-0.25, -0.2) is 0 Å². The van der Waals surface area contributed by atoms with E-state index in [4.69, 9.17) is 4.74 Å². The Morgan fingerprint density at radius 2 is 1.75 bits per heavy atom. The van der Waals surface area contributed by atoms with Gasteiger partial charge in [0.15, 0.2) is 0 Å². The Labute approximate surface area is 120 Å². The molecule has 0 heterocycles. The number of ether oxygens (including phenoxy) is 1. The van der Waals surface area contributed by atoms with Gasteiger partial charge >= 0.3 is 5.97 Å². The van der Waals surface area contributed by atoms with E-state index >= 15 is 0 Å². The van der Waals surface area contributed by atoms with E-state index in [2.05, 4.69) is 29.6 Å². The van der Waals surface area contributed by atoms with Crippen molar-refractivity contribution in [3.8, 4) is 0 Å². The summed E-state index contributed by atoms with van der Waals surface area (Å²) in [5.41, 5.74) is 2.99. The van der Waals surface area contributed by atoms with Crippen LogP contribution in [0.4, 0.5) is 0 Å². The van der Waals surface area contributed by atoms with Crippen LogP contribution in [-0.4, -0.2) is 25.2 Å². The molecule has 20 heavy (non-hydrogen) atoms. The number of fused-ring (bicyclic) bond motifs is 3. The second-order valence-electron chi connectivity index (χ2n) is 6.21. The summed E-state index contributed by atoms with van der Waals surface area (Å²) in [6.07, 6.45) is 4.81. The molecule has 3 atom stereocenters. The Bertz CT molecular complexity index is 467. The van der Waals surface area contributed by atoms with Crippen LogP contribution in [0.5, 0.6) is 0 Å². The quantitative estimate of drug-likeness (QED) is 0.859. The van der Waals surface area contributed by atoms with Gasteiger partial charge in [-0.3, -0.25) is 4.79 Å². The Morgan fingerprint density at radius 1 is 1.20 bits per heavy atom. The molecule has 3 nitrogen and oxygen atoms in total. The molecule has 1 aromatic carbocycles. The van der Waals surface area contributed by atoms with E-state index < -0.39 is 0 Å².